The molecule has 2 aromatic rings. The van der Waals surface area contributed by atoms with Gasteiger partial charge in [0.2, 0.25) is 0 Å². The van der Waals surface area contributed by atoms with E-state index in [1.165, 1.54) is 10.8 Å². The van der Waals surface area contributed by atoms with E-state index in [1.54, 1.807) is 0 Å². The van der Waals surface area contributed by atoms with Gasteiger partial charge in [0.25, 0.3) is 0 Å². The van der Waals surface area contributed by atoms with Gasteiger partial charge in [-0.15, -0.1) is 5.10 Å². The molecule has 1 aliphatic heterocycles. The van der Waals surface area contributed by atoms with Crippen LogP contribution < -0.4 is 10.6 Å². The summed E-state index contributed by atoms with van der Waals surface area (Å²) < 4.78 is 0. The van der Waals surface area contributed by atoms with Crippen LogP contribution >= 0.6 is 0 Å². The number of nitrogens with zero attached hydrogens (tertiary/aromatic N) is 3. The van der Waals surface area contributed by atoms with Gasteiger partial charge in [-0.1, -0.05) is 31.2 Å². The number of fused-ring (bicyclic) bond motifs is 1. The molecule has 0 amide bonds. The highest BCUT2D eigenvalue weighted by Gasteiger charge is 2.25. The first-order valence-electron chi connectivity index (χ1n) is 6.89. The zero-order valence-electron chi connectivity index (χ0n) is 11.5. The molecule has 0 bridgehead atoms. The van der Waals surface area contributed by atoms with Crippen LogP contribution in [0.5, 0.6) is 0 Å². The second kappa shape index (κ2) is 4.78. The summed E-state index contributed by atoms with van der Waals surface area (Å²) in [7, 11) is 0. The molecule has 2 atom stereocenters. The van der Waals surface area contributed by atoms with E-state index >= 15 is 0 Å². The van der Waals surface area contributed by atoms with Gasteiger partial charge in [0, 0.05) is 29.9 Å². The van der Waals surface area contributed by atoms with Crippen molar-refractivity contribution in [3.63, 3.8) is 0 Å². The van der Waals surface area contributed by atoms with Crippen molar-refractivity contribution in [2.45, 2.75) is 26.3 Å². The number of anilines is 1. The monoisotopic (exact) mass is 256 g/mol. The van der Waals surface area contributed by atoms with E-state index < -0.39 is 0 Å². The standard InChI is InChI=1S/C15H20N4/c1-10-7-8-19(9-14(10)16)15-13-6-4-3-5-12(13)11(2)17-18-15/h3-6,10,14H,7-9,16H2,1-2H3. The maximum Gasteiger partial charge on any atom is 0.159 e. The third kappa shape index (κ3) is 2.16. The lowest BCUT2D eigenvalue weighted by Crippen LogP contribution is -2.48. The van der Waals surface area contributed by atoms with Gasteiger partial charge >= 0.3 is 0 Å². The molecule has 1 aromatic heterocycles. The molecule has 0 radical (unpaired) electrons. The van der Waals surface area contributed by atoms with Gasteiger partial charge in [0.05, 0.1) is 5.69 Å². The van der Waals surface area contributed by atoms with Crippen molar-refractivity contribution in [1.29, 1.82) is 0 Å². The Balaban J connectivity index is 2.04. The number of hydrogen-bond donors (Lipinski definition) is 1. The van der Waals surface area contributed by atoms with Crippen LogP contribution in [0.3, 0.4) is 0 Å². The van der Waals surface area contributed by atoms with Crippen molar-refractivity contribution in [3.8, 4) is 0 Å². The highest BCUT2D eigenvalue weighted by Crippen LogP contribution is 2.28. The van der Waals surface area contributed by atoms with Crippen molar-refractivity contribution in [2.24, 2.45) is 11.7 Å². The molecular formula is C15H20N4. The minimum atomic E-state index is 0.218. The van der Waals surface area contributed by atoms with Crippen LogP contribution in [0.25, 0.3) is 10.8 Å². The maximum atomic E-state index is 6.19. The number of hydrogen-bond acceptors (Lipinski definition) is 4. The molecule has 1 fully saturated rings. The topological polar surface area (TPSA) is 55.0 Å². The summed E-state index contributed by atoms with van der Waals surface area (Å²) in [5, 5.41) is 11.1. The Labute approximate surface area is 113 Å². The van der Waals surface area contributed by atoms with Crippen molar-refractivity contribution in [2.75, 3.05) is 18.0 Å². The fraction of sp³-hybridized carbons (Fsp3) is 0.467. The Morgan fingerprint density at radius 2 is 1.95 bits per heavy atom. The van der Waals surface area contributed by atoms with Crippen LogP contribution in [0.15, 0.2) is 24.3 Å². The SMILES string of the molecule is Cc1nnc(N2CCC(C)C(N)C2)c2ccccc12. The van der Waals surface area contributed by atoms with Crippen molar-refractivity contribution >= 4 is 16.6 Å². The summed E-state index contributed by atoms with van der Waals surface area (Å²) in [6.45, 7) is 6.10. The quantitative estimate of drug-likeness (QED) is 0.849. The summed E-state index contributed by atoms with van der Waals surface area (Å²) >= 11 is 0. The van der Waals surface area contributed by atoms with Gasteiger partial charge in [-0.2, -0.15) is 5.10 Å². The molecule has 0 saturated carbocycles. The fourth-order valence-corrected chi connectivity index (χ4v) is 2.75. The molecule has 0 spiro atoms. The van der Waals surface area contributed by atoms with E-state index in [2.05, 4.69) is 40.2 Å². The van der Waals surface area contributed by atoms with Crippen LogP contribution in [0.4, 0.5) is 5.82 Å². The number of aromatic nitrogens is 2. The first-order chi connectivity index (χ1) is 9.16. The predicted octanol–water partition coefficient (Wildman–Crippen LogP) is 2.11. The van der Waals surface area contributed by atoms with Crippen LogP contribution in [-0.4, -0.2) is 29.3 Å². The highest BCUT2D eigenvalue weighted by molar-refractivity contribution is 5.93. The maximum absolute atomic E-state index is 6.19. The van der Waals surface area contributed by atoms with E-state index in [4.69, 9.17) is 5.73 Å². The summed E-state index contributed by atoms with van der Waals surface area (Å²) in [6, 6.07) is 8.55. The van der Waals surface area contributed by atoms with E-state index in [0.29, 0.717) is 5.92 Å². The number of nitrogens with two attached hydrogens (primary N) is 1. The fourth-order valence-electron chi connectivity index (χ4n) is 2.75. The largest absolute Gasteiger partial charge is 0.353 e. The van der Waals surface area contributed by atoms with Gasteiger partial charge in [0.15, 0.2) is 5.82 Å². The van der Waals surface area contributed by atoms with Crippen LogP contribution in [0.1, 0.15) is 19.0 Å². The van der Waals surface area contributed by atoms with Gasteiger partial charge in [-0.25, -0.2) is 0 Å². The molecule has 1 aliphatic rings. The van der Waals surface area contributed by atoms with Gasteiger partial charge in [-0.05, 0) is 19.3 Å². The molecule has 0 aliphatic carbocycles. The second-order valence-electron chi connectivity index (χ2n) is 5.53. The third-order valence-corrected chi connectivity index (χ3v) is 4.17. The molecule has 2 unspecified atom stereocenters. The Morgan fingerprint density at radius 3 is 2.68 bits per heavy atom. The van der Waals surface area contributed by atoms with E-state index in [-0.39, 0.29) is 6.04 Å². The molecule has 1 saturated heterocycles. The van der Waals surface area contributed by atoms with Crippen molar-refractivity contribution < 1.29 is 0 Å². The molecule has 2 N–H and O–H groups in total. The number of piperidine rings is 1. The average Bonchev–Trinajstić information content (AvgIpc) is 2.43. The van der Waals surface area contributed by atoms with E-state index in [0.717, 1.165) is 31.0 Å². The van der Waals surface area contributed by atoms with E-state index in [1.807, 2.05) is 13.0 Å². The Hall–Kier alpha value is -1.68. The molecule has 100 valence electrons. The Morgan fingerprint density at radius 1 is 1.21 bits per heavy atom. The van der Waals surface area contributed by atoms with Crippen molar-refractivity contribution in [1.82, 2.24) is 10.2 Å². The summed E-state index contributed by atoms with van der Waals surface area (Å²) in [6.07, 6.45) is 1.12. The second-order valence-corrected chi connectivity index (χ2v) is 5.53. The number of benzene rings is 1. The first-order valence-corrected chi connectivity index (χ1v) is 6.89. The lowest BCUT2D eigenvalue weighted by molar-refractivity contribution is 0.378. The number of rotatable bonds is 1. The first kappa shape index (κ1) is 12.4. The van der Waals surface area contributed by atoms with Crippen LogP contribution in [-0.2, 0) is 0 Å². The molecule has 4 nitrogen and oxygen atoms in total. The molecule has 3 rings (SSSR count). The Kier molecular flexibility index (Phi) is 3.11. The highest BCUT2D eigenvalue weighted by atomic mass is 15.3. The minimum Gasteiger partial charge on any atom is -0.353 e. The molecule has 4 heteroatoms. The summed E-state index contributed by atoms with van der Waals surface area (Å²) in [5.41, 5.74) is 7.17. The molecular weight excluding hydrogens is 236 g/mol. The number of aryl methyl sites for hydroxylation is 1. The molecule has 2 heterocycles. The van der Waals surface area contributed by atoms with E-state index in [9.17, 15) is 0 Å². The molecule has 1 aromatic carbocycles. The van der Waals surface area contributed by atoms with Gasteiger partial charge < -0.3 is 10.6 Å². The van der Waals surface area contributed by atoms with Crippen molar-refractivity contribution in [3.05, 3.63) is 30.0 Å². The van der Waals surface area contributed by atoms with Gasteiger partial charge in [-0.3, -0.25) is 0 Å². The third-order valence-electron chi connectivity index (χ3n) is 4.17. The van der Waals surface area contributed by atoms with Gasteiger partial charge in [0.1, 0.15) is 0 Å². The zero-order valence-corrected chi connectivity index (χ0v) is 11.5. The average molecular weight is 256 g/mol. The normalized spacial score (nSPS) is 23.8. The smallest absolute Gasteiger partial charge is 0.159 e. The zero-order chi connectivity index (χ0) is 13.4. The minimum absolute atomic E-state index is 0.218. The summed E-state index contributed by atoms with van der Waals surface area (Å²) in [5.74, 6) is 1.56. The lowest BCUT2D eigenvalue weighted by atomic mass is 9.94. The Bertz CT molecular complexity index is 596. The van der Waals surface area contributed by atoms with Crippen LogP contribution in [0, 0.1) is 12.8 Å². The van der Waals surface area contributed by atoms with Crippen LogP contribution in [0.2, 0.25) is 0 Å². The predicted molar refractivity (Wildman–Crippen MR) is 78.2 cm³/mol. The molecule has 19 heavy (non-hydrogen) atoms. The lowest BCUT2D eigenvalue weighted by Gasteiger charge is -2.36. The summed E-state index contributed by atoms with van der Waals surface area (Å²) in [4.78, 5) is 2.28.